The summed E-state index contributed by atoms with van der Waals surface area (Å²) in [6, 6.07) is 3.59. The third kappa shape index (κ3) is 1.36. The van der Waals surface area contributed by atoms with Crippen molar-refractivity contribution in [2.45, 2.75) is 6.61 Å². The Hall–Kier alpha value is -1.46. The molecule has 1 aliphatic heterocycles. The molecule has 1 aromatic carbocycles. The van der Waals surface area contributed by atoms with E-state index in [1.54, 1.807) is 19.2 Å². The molecule has 0 bridgehead atoms. The van der Waals surface area contributed by atoms with Crippen LogP contribution in [-0.4, -0.2) is 13.9 Å². The molecule has 0 unspecified atom stereocenters. The number of benzene rings is 1. The van der Waals surface area contributed by atoms with Crippen LogP contribution in [0, 0.1) is 0 Å². The summed E-state index contributed by atoms with van der Waals surface area (Å²) in [5.74, 6) is 7.05. The van der Waals surface area contributed by atoms with Gasteiger partial charge in [0.25, 0.3) is 0 Å². The highest BCUT2D eigenvalue weighted by molar-refractivity contribution is 5.54. The van der Waals surface area contributed by atoms with Gasteiger partial charge in [0.05, 0.1) is 12.7 Å². The molecule has 0 saturated heterocycles. The van der Waals surface area contributed by atoms with E-state index in [0.717, 1.165) is 5.56 Å². The summed E-state index contributed by atoms with van der Waals surface area (Å²) in [7, 11) is 1.58. The topological polar surface area (TPSA) is 62.9 Å². The average molecular weight is 197 g/mol. The van der Waals surface area contributed by atoms with E-state index in [1.807, 2.05) is 0 Å². The van der Waals surface area contributed by atoms with Crippen LogP contribution in [0.1, 0.15) is 5.56 Å². The zero-order chi connectivity index (χ0) is 9.97. The van der Waals surface area contributed by atoms with Crippen LogP contribution in [0.15, 0.2) is 12.1 Å². The first-order valence-corrected chi connectivity index (χ1v) is 4.14. The van der Waals surface area contributed by atoms with Crippen LogP contribution < -0.4 is 20.1 Å². The minimum Gasteiger partial charge on any atom is -0.496 e. The fourth-order valence-corrected chi connectivity index (χ4v) is 1.42. The van der Waals surface area contributed by atoms with Crippen LogP contribution in [0.2, 0.25) is 0 Å². The Morgan fingerprint density at radius 2 is 2.29 bits per heavy atom. The molecule has 0 radical (unpaired) electrons. The van der Waals surface area contributed by atoms with Gasteiger partial charge in [-0.2, -0.15) is 0 Å². The predicted molar refractivity (Wildman–Crippen MR) is 48.1 cm³/mol. The molecule has 0 saturated carbocycles. The van der Waals surface area contributed by atoms with Gasteiger partial charge in [0.2, 0.25) is 6.79 Å². The predicted octanol–water partition coefficient (Wildman–Crippen LogP) is 0.814. The normalized spacial score (nSPS) is 13.0. The second kappa shape index (κ2) is 3.73. The lowest BCUT2D eigenvalue weighted by Crippen LogP contribution is -2.02. The first kappa shape index (κ1) is 9.11. The van der Waals surface area contributed by atoms with Crippen LogP contribution in [-0.2, 0) is 11.4 Å². The maximum Gasteiger partial charge on any atom is 0.231 e. The summed E-state index contributed by atoms with van der Waals surface area (Å²) in [5, 5.41) is 0. The van der Waals surface area contributed by atoms with Crippen molar-refractivity contribution in [2.24, 2.45) is 5.90 Å². The number of fused-ring (bicyclic) bond motifs is 1. The van der Waals surface area contributed by atoms with Crippen molar-refractivity contribution in [1.29, 1.82) is 0 Å². The summed E-state index contributed by atoms with van der Waals surface area (Å²) in [4.78, 5) is 4.58. The van der Waals surface area contributed by atoms with Crippen molar-refractivity contribution in [1.82, 2.24) is 0 Å². The number of nitrogens with two attached hydrogens (primary N) is 1. The Morgan fingerprint density at radius 3 is 3.00 bits per heavy atom. The van der Waals surface area contributed by atoms with Gasteiger partial charge in [-0.15, -0.1) is 0 Å². The number of hydrogen-bond donors (Lipinski definition) is 1. The zero-order valence-electron chi connectivity index (χ0n) is 7.78. The molecule has 1 aromatic rings. The molecule has 0 aliphatic carbocycles. The molecule has 76 valence electrons. The third-order valence-corrected chi connectivity index (χ3v) is 2.05. The van der Waals surface area contributed by atoms with Crippen molar-refractivity contribution < 1.29 is 19.0 Å². The van der Waals surface area contributed by atoms with Gasteiger partial charge in [-0.25, -0.2) is 5.90 Å². The summed E-state index contributed by atoms with van der Waals surface area (Å²) in [6.45, 7) is 0.454. The van der Waals surface area contributed by atoms with Gasteiger partial charge in [0.15, 0.2) is 11.5 Å². The first-order valence-electron chi connectivity index (χ1n) is 4.14. The van der Waals surface area contributed by atoms with Crippen molar-refractivity contribution in [3.05, 3.63) is 17.7 Å². The van der Waals surface area contributed by atoms with Crippen LogP contribution in [0.4, 0.5) is 0 Å². The molecule has 5 heteroatoms. The number of methoxy groups -OCH3 is 1. The summed E-state index contributed by atoms with van der Waals surface area (Å²) < 4.78 is 15.6. The van der Waals surface area contributed by atoms with Gasteiger partial charge in [-0.1, -0.05) is 0 Å². The molecule has 0 amide bonds. The van der Waals surface area contributed by atoms with Crippen molar-refractivity contribution >= 4 is 0 Å². The Bertz CT molecular complexity index is 340. The Balaban J connectivity index is 2.45. The van der Waals surface area contributed by atoms with Crippen LogP contribution in [0.25, 0.3) is 0 Å². The molecular weight excluding hydrogens is 186 g/mol. The SMILES string of the molecule is COc1ccc2c(c1CON)OCO2. The molecule has 0 spiro atoms. The third-order valence-electron chi connectivity index (χ3n) is 2.05. The largest absolute Gasteiger partial charge is 0.496 e. The number of rotatable bonds is 3. The van der Waals surface area contributed by atoms with Gasteiger partial charge in [0, 0.05) is 0 Å². The summed E-state index contributed by atoms with van der Waals surface area (Å²) in [6.07, 6.45) is 0. The lowest BCUT2D eigenvalue weighted by Gasteiger charge is -2.09. The Labute approximate surface area is 81.3 Å². The van der Waals surface area contributed by atoms with E-state index in [-0.39, 0.29) is 13.4 Å². The fourth-order valence-electron chi connectivity index (χ4n) is 1.42. The van der Waals surface area contributed by atoms with E-state index in [1.165, 1.54) is 0 Å². The second-order valence-electron chi connectivity index (χ2n) is 2.79. The molecule has 5 nitrogen and oxygen atoms in total. The molecular formula is C9H11NO4. The second-order valence-corrected chi connectivity index (χ2v) is 2.79. The smallest absolute Gasteiger partial charge is 0.231 e. The lowest BCUT2D eigenvalue weighted by molar-refractivity contribution is 0.118. The van der Waals surface area contributed by atoms with Crippen molar-refractivity contribution in [2.75, 3.05) is 13.9 Å². The molecule has 2 rings (SSSR count). The van der Waals surface area contributed by atoms with Crippen LogP contribution in [0.5, 0.6) is 17.2 Å². The quantitative estimate of drug-likeness (QED) is 0.726. The van der Waals surface area contributed by atoms with Crippen molar-refractivity contribution in [3.8, 4) is 17.2 Å². The van der Waals surface area contributed by atoms with Gasteiger partial charge in [-0.3, -0.25) is 4.84 Å². The molecule has 0 atom stereocenters. The van der Waals surface area contributed by atoms with E-state index in [9.17, 15) is 0 Å². The minimum absolute atomic E-state index is 0.222. The fraction of sp³-hybridized carbons (Fsp3) is 0.333. The minimum atomic E-state index is 0.222. The Kier molecular flexibility index (Phi) is 2.43. The van der Waals surface area contributed by atoms with E-state index in [2.05, 4.69) is 4.84 Å². The number of hydrogen-bond acceptors (Lipinski definition) is 5. The van der Waals surface area contributed by atoms with E-state index < -0.39 is 0 Å². The maximum atomic E-state index is 5.29. The molecule has 1 heterocycles. The molecule has 1 aliphatic rings. The Morgan fingerprint density at radius 1 is 1.43 bits per heavy atom. The first-order chi connectivity index (χ1) is 6.86. The monoisotopic (exact) mass is 197 g/mol. The van der Waals surface area contributed by atoms with E-state index in [0.29, 0.717) is 17.2 Å². The highest BCUT2D eigenvalue weighted by Gasteiger charge is 2.21. The van der Waals surface area contributed by atoms with E-state index in [4.69, 9.17) is 20.1 Å². The summed E-state index contributed by atoms with van der Waals surface area (Å²) >= 11 is 0. The van der Waals surface area contributed by atoms with Crippen molar-refractivity contribution in [3.63, 3.8) is 0 Å². The molecule has 2 N–H and O–H groups in total. The van der Waals surface area contributed by atoms with Crippen LogP contribution >= 0.6 is 0 Å². The molecule has 0 fully saturated rings. The maximum absolute atomic E-state index is 5.29. The van der Waals surface area contributed by atoms with Gasteiger partial charge >= 0.3 is 0 Å². The van der Waals surface area contributed by atoms with E-state index >= 15 is 0 Å². The van der Waals surface area contributed by atoms with Gasteiger partial charge in [-0.05, 0) is 12.1 Å². The lowest BCUT2D eigenvalue weighted by atomic mass is 10.1. The highest BCUT2D eigenvalue weighted by Crippen LogP contribution is 2.40. The standard InChI is InChI=1S/C9H11NO4/c1-11-7-2-3-8-9(13-5-12-8)6(7)4-14-10/h2-3H,4-5,10H2,1H3. The number of ether oxygens (including phenoxy) is 3. The van der Waals surface area contributed by atoms with Crippen LogP contribution in [0.3, 0.4) is 0 Å². The zero-order valence-corrected chi connectivity index (χ0v) is 7.78. The highest BCUT2D eigenvalue weighted by atomic mass is 16.7. The molecule has 14 heavy (non-hydrogen) atoms. The van der Waals surface area contributed by atoms with Gasteiger partial charge < -0.3 is 14.2 Å². The summed E-state index contributed by atoms with van der Waals surface area (Å²) in [5.41, 5.74) is 0.769. The average Bonchev–Trinajstić information content (AvgIpc) is 2.67. The van der Waals surface area contributed by atoms with Gasteiger partial charge in [0.1, 0.15) is 12.4 Å². The molecule has 0 aromatic heterocycles.